The number of aryl methyl sites for hydroxylation is 2. The average Bonchev–Trinajstić information content (AvgIpc) is 2.48. The normalized spacial score (nSPS) is 8.88. The van der Waals surface area contributed by atoms with E-state index in [0.29, 0.717) is 11.3 Å². The Bertz CT molecular complexity index is 528. The second kappa shape index (κ2) is 4.87. The summed E-state index contributed by atoms with van der Waals surface area (Å²) in [7, 11) is 1.54. The molecule has 0 spiro atoms. The molecule has 1 aromatic heterocycles. The molecule has 1 N–H and O–H groups in total. The maximum atomic E-state index is 10.9. The third-order valence-corrected chi connectivity index (χ3v) is 1.85. The van der Waals surface area contributed by atoms with Crippen LogP contribution in [0.3, 0.4) is 0 Å². The van der Waals surface area contributed by atoms with Crippen LogP contribution in [0.2, 0.25) is 0 Å². The van der Waals surface area contributed by atoms with E-state index in [2.05, 4.69) is 27.0 Å². The number of rotatable bonds is 2. The van der Waals surface area contributed by atoms with Gasteiger partial charge in [0.25, 0.3) is 0 Å². The zero-order valence-electron chi connectivity index (χ0n) is 8.80. The molecule has 0 amide bonds. The summed E-state index contributed by atoms with van der Waals surface area (Å²) >= 11 is 0. The molecule has 0 fully saturated rings. The van der Waals surface area contributed by atoms with Crippen molar-refractivity contribution in [2.45, 2.75) is 6.92 Å². The quantitative estimate of drug-likeness (QED) is 0.348. The minimum Gasteiger partial charge on any atom is -0.476 e. The van der Waals surface area contributed by atoms with E-state index in [1.807, 2.05) is 0 Å². The monoisotopic (exact) mass is 219 g/mol. The van der Waals surface area contributed by atoms with Gasteiger partial charge in [-0.3, -0.25) is 4.68 Å². The topological polar surface area (TPSA) is 104 Å². The lowest BCUT2D eigenvalue weighted by molar-refractivity contribution is 0.0684. The van der Waals surface area contributed by atoms with Gasteiger partial charge in [-0.25, -0.2) is 4.79 Å². The van der Waals surface area contributed by atoms with Gasteiger partial charge in [0.05, 0.1) is 17.8 Å². The minimum absolute atomic E-state index is 0.00386. The Morgan fingerprint density at radius 1 is 1.75 bits per heavy atom. The van der Waals surface area contributed by atoms with Crippen LogP contribution in [-0.4, -0.2) is 27.4 Å². The number of carbonyl (C=O) groups is 1. The Balaban J connectivity index is 3.15. The third kappa shape index (κ3) is 2.32. The fraction of sp³-hybridized carbons (Fsp3) is 0.333. The van der Waals surface area contributed by atoms with Gasteiger partial charge in [-0.15, -0.1) is 0 Å². The van der Waals surface area contributed by atoms with Crippen LogP contribution in [0.25, 0.3) is 10.4 Å². The van der Waals surface area contributed by atoms with Gasteiger partial charge >= 0.3 is 5.97 Å². The predicted molar refractivity (Wildman–Crippen MR) is 55.8 cm³/mol. The van der Waals surface area contributed by atoms with Gasteiger partial charge in [-0.2, -0.15) is 5.10 Å². The Hall–Kier alpha value is -2.45. The lowest BCUT2D eigenvalue weighted by atomic mass is 10.2. The van der Waals surface area contributed by atoms with Crippen molar-refractivity contribution in [3.8, 4) is 11.8 Å². The number of carboxylic acids is 1. The molecule has 0 aliphatic carbocycles. The van der Waals surface area contributed by atoms with Gasteiger partial charge in [0, 0.05) is 12.0 Å². The number of aromatic carboxylic acids is 1. The molecule has 0 aliphatic heterocycles. The van der Waals surface area contributed by atoms with Crippen molar-refractivity contribution in [2.24, 2.45) is 12.2 Å². The van der Waals surface area contributed by atoms with Crippen LogP contribution in [0.4, 0.5) is 0 Å². The molecule has 0 radical (unpaired) electrons. The second-order valence-corrected chi connectivity index (χ2v) is 2.93. The molecule has 1 rings (SSSR count). The molecule has 0 unspecified atom stereocenters. The highest BCUT2D eigenvalue weighted by Crippen LogP contribution is 2.11. The maximum absolute atomic E-state index is 10.9. The van der Waals surface area contributed by atoms with Gasteiger partial charge in [0.15, 0.2) is 5.69 Å². The largest absolute Gasteiger partial charge is 0.476 e. The zero-order chi connectivity index (χ0) is 12.1. The SMILES string of the molecule is Cc1nn(C)c(C(=O)O)c1C#CCN=[N+]=[N-]. The number of azide groups is 1. The Morgan fingerprint density at radius 3 is 3.00 bits per heavy atom. The summed E-state index contributed by atoms with van der Waals surface area (Å²) in [6.45, 7) is 1.67. The first kappa shape index (κ1) is 11.6. The van der Waals surface area contributed by atoms with Gasteiger partial charge in [0.2, 0.25) is 0 Å². The van der Waals surface area contributed by atoms with Crippen LogP contribution >= 0.6 is 0 Å². The Labute approximate surface area is 91.3 Å². The summed E-state index contributed by atoms with van der Waals surface area (Å²) in [5.41, 5.74) is 8.96. The number of nitrogens with zero attached hydrogens (tertiary/aromatic N) is 5. The number of hydrogen-bond acceptors (Lipinski definition) is 3. The zero-order valence-corrected chi connectivity index (χ0v) is 8.80. The molecule has 16 heavy (non-hydrogen) atoms. The molecular formula is C9H9N5O2. The van der Waals surface area contributed by atoms with E-state index in [-0.39, 0.29) is 12.2 Å². The molecule has 1 heterocycles. The van der Waals surface area contributed by atoms with E-state index >= 15 is 0 Å². The number of carboxylic acid groups (broad SMARTS) is 1. The van der Waals surface area contributed by atoms with Crippen molar-refractivity contribution >= 4 is 5.97 Å². The van der Waals surface area contributed by atoms with Gasteiger partial charge in [-0.1, -0.05) is 17.0 Å². The third-order valence-electron chi connectivity index (χ3n) is 1.85. The van der Waals surface area contributed by atoms with Crippen LogP contribution in [0.1, 0.15) is 21.7 Å². The van der Waals surface area contributed by atoms with Crippen molar-refractivity contribution in [1.82, 2.24) is 9.78 Å². The predicted octanol–water partition coefficient (Wildman–Crippen LogP) is 1.09. The summed E-state index contributed by atoms with van der Waals surface area (Å²) in [5.74, 6) is 4.12. The maximum Gasteiger partial charge on any atom is 0.355 e. The van der Waals surface area contributed by atoms with Crippen molar-refractivity contribution < 1.29 is 9.90 Å². The number of hydrogen-bond donors (Lipinski definition) is 1. The summed E-state index contributed by atoms with van der Waals surface area (Å²) in [5, 5.41) is 16.1. The van der Waals surface area contributed by atoms with Crippen LogP contribution < -0.4 is 0 Å². The molecule has 0 aromatic carbocycles. The standard InChI is InChI=1S/C9H9N5O2/c1-6-7(4-3-5-11-13-10)8(9(15)16)14(2)12-6/h5H2,1-2H3,(H,15,16). The van der Waals surface area contributed by atoms with Crippen LogP contribution in [0.5, 0.6) is 0 Å². The summed E-state index contributed by atoms with van der Waals surface area (Å²) in [6.07, 6.45) is 0. The highest BCUT2D eigenvalue weighted by molar-refractivity contribution is 5.89. The van der Waals surface area contributed by atoms with Crippen molar-refractivity contribution in [3.05, 3.63) is 27.4 Å². The molecule has 0 saturated heterocycles. The van der Waals surface area contributed by atoms with E-state index in [1.54, 1.807) is 6.92 Å². The molecule has 82 valence electrons. The highest BCUT2D eigenvalue weighted by atomic mass is 16.4. The van der Waals surface area contributed by atoms with E-state index in [0.717, 1.165) is 0 Å². The van der Waals surface area contributed by atoms with Crippen LogP contribution in [-0.2, 0) is 7.05 Å². The first-order valence-corrected chi connectivity index (χ1v) is 4.34. The Morgan fingerprint density at radius 2 is 2.44 bits per heavy atom. The van der Waals surface area contributed by atoms with Crippen molar-refractivity contribution in [1.29, 1.82) is 0 Å². The first-order chi connectivity index (χ1) is 7.57. The van der Waals surface area contributed by atoms with E-state index < -0.39 is 5.97 Å². The van der Waals surface area contributed by atoms with Crippen LogP contribution in [0, 0.1) is 18.8 Å². The van der Waals surface area contributed by atoms with Gasteiger partial charge < -0.3 is 5.11 Å². The molecule has 7 nitrogen and oxygen atoms in total. The first-order valence-electron chi connectivity index (χ1n) is 4.34. The second-order valence-electron chi connectivity index (χ2n) is 2.93. The van der Waals surface area contributed by atoms with E-state index in [9.17, 15) is 4.79 Å². The molecule has 0 aliphatic rings. The van der Waals surface area contributed by atoms with E-state index in [4.69, 9.17) is 10.6 Å². The molecule has 7 heteroatoms. The smallest absolute Gasteiger partial charge is 0.355 e. The molecule has 0 saturated carbocycles. The van der Waals surface area contributed by atoms with Crippen molar-refractivity contribution in [2.75, 3.05) is 6.54 Å². The van der Waals surface area contributed by atoms with Gasteiger partial charge in [-0.05, 0) is 12.5 Å². The van der Waals surface area contributed by atoms with Crippen LogP contribution in [0.15, 0.2) is 5.11 Å². The lowest BCUT2D eigenvalue weighted by Gasteiger charge is -1.94. The van der Waals surface area contributed by atoms with E-state index in [1.165, 1.54) is 11.7 Å². The fourth-order valence-electron chi connectivity index (χ4n) is 1.25. The highest BCUT2D eigenvalue weighted by Gasteiger charge is 2.17. The molecule has 0 atom stereocenters. The molecular weight excluding hydrogens is 210 g/mol. The molecule has 1 aromatic rings. The minimum atomic E-state index is -1.09. The lowest BCUT2D eigenvalue weighted by Crippen LogP contribution is -2.07. The Kier molecular flexibility index (Phi) is 3.53. The van der Waals surface area contributed by atoms with Gasteiger partial charge in [0.1, 0.15) is 0 Å². The fourth-order valence-corrected chi connectivity index (χ4v) is 1.25. The summed E-state index contributed by atoms with van der Waals surface area (Å²) in [6, 6.07) is 0. The average molecular weight is 219 g/mol. The molecule has 0 bridgehead atoms. The number of aromatic nitrogens is 2. The summed E-state index contributed by atoms with van der Waals surface area (Å²) < 4.78 is 1.26. The summed E-state index contributed by atoms with van der Waals surface area (Å²) in [4.78, 5) is 13.5. The van der Waals surface area contributed by atoms with Crippen molar-refractivity contribution in [3.63, 3.8) is 0 Å².